The molecule has 14 heavy (non-hydrogen) atoms. The maximum absolute atomic E-state index is 8.49. The summed E-state index contributed by atoms with van der Waals surface area (Å²) in [5, 5.41) is 12.4. The molecule has 2 N–H and O–H groups in total. The van der Waals surface area contributed by atoms with E-state index in [1.807, 2.05) is 0 Å². The molecule has 0 radical (unpaired) electrons. The van der Waals surface area contributed by atoms with Crippen LogP contribution in [0.15, 0.2) is 23.6 Å². The van der Waals surface area contributed by atoms with Gasteiger partial charge in [-0.05, 0) is 12.5 Å². The molecule has 0 atom stereocenters. The average molecular weight is 194 g/mol. The van der Waals surface area contributed by atoms with Gasteiger partial charge in [0.15, 0.2) is 0 Å². The van der Waals surface area contributed by atoms with E-state index in [9.17, 15) is 0 Å². The number of hydrogen-bond acceptors (Lipinski definition) is 5. The number of nitrogens with zero attached hydrogens (tertiary/aromatic N) is 3. The molecule has 0 bridgehead atoms. The van der Waals surface area contributed by atoms with Gasteiger partial charge in [0.25, 0.3) is 0 Å². The molecule has 0 aliphatic heterocycles. The lowest BCUT2D eigenvalue weighted by Gasteiger charge is -1.96. The highest BCUT2D eigenvalue weighted by Gasteiger charge is 1.89. The molecule has 0 saturated heterocycles. The van der Waals surface area contributed by atoms with Gasteiger partial charge in [0.1, 0.15) is 5.82 Å². The molecule has 0 aliphatic rings. The summed E-state index contributed by atoms with van der Waals surface area (Å²) >= 11 is 0. The number of rotatable bonds is 6. The predicted octanol–water partition coefficient (Wildman–Crippen LogP) is -0.0231. The van der Waals surface area contributed by atoms with Crippen LogP contribution in [0.3, 0.4) is 0 Å². The minimum Gasteiger partial charge on any atom is -0.396 e. The molecule has 1 aromatic heterocycles. The van der Waals surface area contributed by atoms with Crippen LogP contribution in [0.2, 0.25) is 0 Å². The Morgan fingerprint density at radius 2 is 2.21 bits per heavy atom. The van der Waals surface area contributed by atoms with E-state index in [2.05, 4.69) is 20.5 Å². The maximum atomic E-state index is 8.49. The Kier molecular flexibility index (Phi) is 5.27. The van der Waals surface area contributed by atoms with Gasteiger partial charge in [-0.15, -0.1) is 0 Å². The second-order valence-electron chi connectivity index (χ2n) is 2.67. The fourth-order valence-corrected chi connectivity index (χ4v) is 0.850. The quantitative estimate of drug-likeness (QED) is 0.379. The Labute approximate surface area is 82.9 Å². The molecule has 76 valence electrons. The van der Waals surface area contributed by atoms with Crippen LogP contribution in [-0.2, 0) is 6.42 Å². The van der Waals surface area contributed by atoms with Crippen molar-refractivity contribution >= 4 is 6.21 Å². The van der Waals surface area contributed by atoms with Crippen LogP contribution >= 0.6 is 0 Å². The topological polar surface area (TPSA) is 70.4 Å². The zero-order chi connectivity index (χ0) is 10.1. The van der Waals surface area contributed by atoms with Gasteiger partial charge >= 0.3 is 0 Å². The molecule has 0 aliphatic carbocycles. The molecule has 5 nitrogen and oxygen atoms in total. The van der Waals surface area contributed by atoms with Crippen molar-refractivity contribution in [1.82, 2.24) is 15.4 Å². The van der Waals surface area contributed by atoms with Crippen LogP contribution in [0.4, 0.5) is 0 Å². The summed E-state index contributed by atoms with van der Waals surface area (Å²) in [6, 6.07) is 1.78. The van der Waals surface area contributed by atoms with Crippen molar-refractivity contribution in [2.75, 3.05) is 13.2 Å². The lowest BCUT2D eigenvalue weighted by Crippen LogP contribution is -2.09. The van der Waals surface area contributed by atoms with Crippen LogP contribution in [0.25, 0.3) is 0 Å². The van der Waals surface area contributed by atoms with Crippen molar-refractivity contribution in [1.29, 1.82) is 0 Å². The molecule has 0 fully saturated rings. The highest BCUT2D eigenvalue weighted by atomic mass is 16.3. The molecule has 1 heterocycles. The average Bonchev–Trinajstić information content (AvgIpc) is 2.25. The van der Waals surface area contributed by atoms with Crippen LogP contribution < -0.4 is 5.43 Å². The number of aliphatic hydroxyl groups is 1. The number of hydrogen-bond donors (Lipinski definition) is 2. The zero-order valence-electron chi connectivity index (χ0n) is 7.93. The standard InChI is InChI=1S/C9H14N4O/c14-8-2-6-12-13-7-3-9-10-4-1-5-11-9/h1,4-5,7,12,14H,2-3,6,8H2/b13-7+. The van der Waals surface area contributed by atoms with Gasteiger partial charge in [0.2, 0.25) is 0 Å². The molecular formula is C9H14N4O. The summed E-state index contributed by atoms with van der Waals surface area (Å²) in [6.07, 6.45) is 6.45. The monoisotopic (exact) mass is 194 g/mol. The number of nitrogens with one attached hydrogen (secondary N) is 1. The molecule has 0 aromatic carbocycles. The number of aromatic nitrogens is 2. The molecule has 0 unspecified atom stereocenters. The fraction of sp³-hybridized carbons (Fsp3) is 0.444. The Bertz CT molecular complexity index is 263. The SMILES string of the molecule is OCCCN/N=C/Cc1ncccn1. The molecule has 1 rings (SSSR count). The Balaban J connectivity index is 2.14. The molecule has 0 spiro atoms. The first-order valence-corrected chi connectivity index (χ1v) is 4.54. The van der Waals surface area contributed by atoms with Gasteiger partial charge < -0.3 is 10.5 Å². The molecule has 5 heteroatoms. The van der Waals surface area contributed by atoms with E-state index < -0.39 is 0 Å². The lowest BCUT2D eigenvalue weighted by molar-refractivity contribution is 0.286. The van der Waals surface area contributed by atoms with Crippen molar-refractivity contribution in [3.63, 3.8) is 0 Å². The van der Waals surface area contributed by atoms with Crippen molar-refractivity contribution in [3.05, 3.63) is 24.3 Å². The smallest absolute Gasteiger partial charge is 0.133 e. The van der Waals surface area contributed by atoms with Gasteiger partial charge in [-0.2, -0.15) is 5.10 Å². The lowest BCUT2D eigenvalue weighted by atomic mass is 10.4. The normalized spacial score (nSPS) is 10.6. The van der Waals surface area contributed by atoms with Crippen LogP contribution in [0.1, 0.15) is 12.2 Å². The summed E-state index contributed by atoms with van der Waals surface area (Å²) in [4.78, 5) is 8.09. The van der Waals surface area contributed by atoms with Crippen molar-refractivity contribution < 1.29 is 5.11 Å². The second kappa shape index (κ2) is 6.97. The van der Waals surface area contributed by atoms with E-state index in [1.54, 1.807) is 24.7 Å². The van der Waals surface area contributed by atoms with Gasteiger partial charge in [0.05, 0.1) is 0 Å². The third-order valence-electron chi connectivity index (χ3n) is 1.52. The largest absolute Gasteiger partial charge is 0.396 e. The van der Waals surface area contributed by atoms with E-state index in [-0.39, 0.29) is 6.61 Å². The highest BCUT2D eigenvalue weighted by molar-refractivity contribution is 5.59. The summed E-state index contributed by atoms with van der Waals surface area (Å²) < 4.78 is 0. The summed E-state index contributed by atoms with van der Waals surface area (Å²) in [7, 11) is 0. The zero-order valence-corrected chi connectivity index (χ0v) is 7.93. The third-order valence-corrected chi connectivity index (χ3v) is 1.52. The van der Waals surface area contributed by atoms with Gasteiger partial charge in [-0.1, -0.05) is 0 Å². The number of aliphatic hydroxyl groups excluding tert-OH is 1. The van der Waals surface area contributed by atoms with E-state index in [4.69, 9.17) is 5.11 Å². The number of hydrazone groups is 1. The molecule has 0 saturated carbocycles. The van der Waals surface area contributed by atoms with E-state index >= 15 is 0 Å². The predicted molar refractivity (Wildman–Crippen MR) is 53.9 cm³/mol. The minimum absolute atomic E-state index is 0.185. The Hall–Kier alpha value is -1.49. The van der Waals surface area contributed by atoms with Crippen LogP contribution in [-0.4, -0.2) is 34.4 Å². The first kappa shape index (κ1) is 10.6. The first-order chi connectivity index (χ1) is 6.93. The molecule has 1 aromatic rings. The van der Waals surface area contributed by atoms with E-state index in [0.717, 1.165) is 5.82 Å². The third kappa shape index (κ3) is 4.51. The van der Waals surface area contributed by atoms with Crippen molar-refractivity contribution in [3.8, 4) is 0 Å². The van der Waals surface area contributed by atoms with Gasteiger partial charge in [0, 0.05) is 38.2 Å². The fourth-order valence-electron chi connectivity index (χ4n) is 0.850. The second-order valence-corrected chi connectivity index (χ2v) is 2.67. The van der Waals surface area contributed by atoms with Crippen molar-refractivity contribution in [2.45, 2.75) is 12.8 Å². The summed E-state index contributed by atoms with van der Waals surface area (Å²) in [5.41, 5.74) is 2.81. The first-order valence-electron chi connectivity index (χ1n) is 4.54. The maximum Gasteiger partial charge on any atom is 0.133 e. The van der Waals surface area contributed by atoms with E-state index in [1.165, 1.54) is 0 Å². The van der Waals surface area contributed by atoms with Gasteiger partial charge in [-0.3, -0.25) is 0 Å². The Morgan fingerprint density at radius 1 is 1.43 bits per heavy atom. The molecule has 0 amide bonds. The van der Waals surface area contributed by atoms with E-state index in [0.29, 0.717) is 19.4 Å². The van der Waals surface area contributed by atoms with Crippen LogP contribution in [0, 0.1) is 0 Å². The minimum atomic E-state index is 0.185. The Morgan fingerprint density at radius 3 is 2.93 bits per heavy atom. The highest BCUT2D eigenvalue weighted by Crippen LogP contribution is 1.85. The van der Waals surface area contributed by atoms with Gasteiger partial charge in [-0.25, -0.2) is 9.97 Å². The van der Waals surface area contributed by atoms with Crippen LogP contribution in [0.5, 0.6) is 0 Å². The summed E-state index contributed by atoms with van der Waals surface area (Å²) in [5.74, 6) is 0.750. The van der Waals surface area contributed by atoms with Crippen molar-refractivity contribution in [2.24, 2.45) is 5.10 Å². The molecular weight excluding hydrogens is 180 g/mol. The summed E-state index contributed by atoms with van der Waals surface area (Å²) in [6.45, 7) is 0.868.